The molecule has 7 heteroatoms. The maximum Gasteiger partial charge on any atom is 0.421 e. The molecule has 0 amide bonds. The number of halogens is 6. The Hall–Kier alpha value is -1.01. The molecule has 0 aliphatic carbocycles. The Morgan fingerprint density at radius 2 is 1.31 bits per heavy atom. The molecule has 0 aliphatic rings. The monoisotopic (exact) mass is 206 g/mol. The Morgan fingerprint density at radius 1 is 1.00 bits per heavy atom. The summed E-state index contributed by atoms with van der Waals surface area (Å²) in [7, 11) is 0. The number of carbonyl (C=O) groups excluding carboxylic acids is 1. The third kappa shape index (κ3) is 3.95. The Balaban J connectivity index is 5.13. The molecule has 0 rings (SSSR count). The lowest BCUT2D eigenvalue weighted by Crippen LogP contribution is -2.26. The van der Waals surface area contributed by atoms with Crippen molar-refractivity contribution in [3.05, 3.63) is 11.6 Å². The standard InChI is InChI=1S/C6H4F6O/c1-3(13)2-4(5(7,8)9)6(10,11)12/h2H,1H3. The predicted octanol–water partition coefficient (Wildman–Crippen LogP) is 2.63. The number of ketones is 1. The lowest BCUT2D eigenvalue weighted by atomic mass is 10.2. The molecule has 0 bridgehead atoms. The van der Waals surface area contributed by atoms with Crippen LogP contribution in [0.2, 0.25) is 0 Å². The second-order valence-electron chi connectivity index (χ2n) is 2.16. The van der Waals surface area contributed by atoms with Crippen LogP contribution in [-0.4, -0.2) is 18.1 Å². The number of rotatable bonds is 1. The minimum atomic E-state index is -5.55. The topological polar surface area (TPSA) is 17.1 Å². The van der Waals surface area contributed by atoms with Gasteiger partial charge < -0.3 is 0 Å². The smallest absolute Gasteiger partial charge is 0.295 e. The Bertz CT molecular complexity index is 216. The highest BCUT2D eigenvalue weighted by Crippen LogP contribution is 2.38. The van der Waals surface area contributed by atoms with Gasteiger partial charge in [0.1, 0.15) is 5.57 Å². The maximum absolute atomic E-state index is 11.6. The first-order valence-electron chi connectivity index (χ1n) is 2.92. The van der Waals surface area contributed by atoms with E-state index in [1.165, 1.54) is 0 Å². The molecular weight excluding hydrogens is 202 g/mol. The van der Waals surface area contributed by atoms with Gasteiger partial charge in [0.05, 0.1) is 0 Å². The average Bonchev–Trinajstić information content (AvgIpc) is 1.77. The molecule has 0 heterocycles. The van der Waals surface area contributed by atoms with E-state index in [2.05, 4.69) is 0 Å². The largest absolute Gasteiger partial charge is 0.421 e. The Labute approximate surface area is 69.0 Å². The molecule has 0 N–H and O–H groups in total. The summed E-state index contributed by atoms with van der Waals surface area (Å²) < 4.78 is 69.8. The summed E-state index contributed by atoms with van der Waals surface area (Å²) in [5, 5.41) is 0. The van der Waals surface area contributed by atoms with Crippen molar-refractivity contribution in [3.63, 3.8) is 0 Å². The minimum Gasteiger partial charge on any atom is -0.295 e. The van der Waals surface area contributed by atoms with Gasteiger partial charge in [-0.1, -0.05) is 0 Å². The molecule has 1 nitrogen and oxygen atoms in total. The molecular formula is C6H4F6O. The van der Waals surface area contributed by atoms with Crippen LogP contribution < -0.4 is 0 Å². The van der Waals surface area contributed by atoms with Crippen LogP contribution in [0.1, 0.15) is 6.92 Å². The van der Waals surface area contributed by atoms with Gasteiger partial charge in [-0.05, 0) is 13.0 Å². The summed E-state index contributed by atoms with van der Waals surface area (Å²) in [5.74, 6) is -1.30. The quantitative estimate of drug-likeness (QED) is 0.476. The summed E-state index contributed by atoms with van der Waals surface area (Å²) >= 11 is 0. The molecule has 0 aliphatic heterocycles. The lowest BCUT2D eigenvalue weighted by Gasteiger charge is -2.13. The highest BCUT2D eigenvalue weighted by molar-refractivity contribution is 5.88. The predicted molar refractivity (Wildman–Crippen MR) is 30.9 cm³/mol. The normalized spacial score (nSPS) is 12.5. The zero-order chi connectivity index (χ0) is 10.9. The second-order valence-corrected chi connectivity index (χ2v) is 2.16. The van der Waals surface area contributed by atoms with Crippen molar-refractivity contribution in [1.82, 2.24) is 0 Å². The van der Waals surface area contributed by atoms with Crippen molar-refractivity contribution >= 4 is 5.78 Å². The molecule has 13 heavy (non-hydrogen) atoms. The average molecular weight is 206 g/mol. The Morgan fingerprint density at radius 3 is 1.38 bits per heavy atom. The first-order chi connectivity index (χ1) is 5.55. The number of hydrogen-bond acceptors (Lipinski definition) is 1. The van der Waals surface area contributed by atoms with Crippen LogP contribution in [0.5, 0.6) is 0 Å². The molecule has 0 unspecified atom stereocenters. The fourth-order valence-corrected chi connectivity index (χ4v) is 0.528. The van der Waals surface area contributed by atoms with E-state index < -0.39 is 29.8 Å². The van der Waals surface area contributed by atoms with E-state index >= 15 is 0 Å². The summed E-state index contributed by atoms with van der Waals surface area (Å²) in [6.45, 7) is 0.609. The van der Waals surface area contributed by atoms with Crippen molar-refractivity contribution in [2.75, 3.05) is 0 Å². The van der Waals surface area contributed by atoms with Gasteiger partial charge >= 0.3 is 12.4 Å². The van der Waals surface area contributed by atoms with Gasteiger partial charge in [0.2, 0.25) is 0 Å². The zero-order valence-electron chi connectivity index (χ0n) is 6.25. The Kier molecular flexibility index (Phi) is 3.13. The van der Waals surface area contributed by atoms with Gasteiger partial charge in [-0.2, -0.15) is 26.3 Å². The van der Waals surface area contributed by atoms with Crippen LogP contribution in [0.15, 0.2) is 11.6 Å². The molecule has 0 saturated heterocycles. The zero-order valence-corrected chi connectivity index (χ0v) is 6.25. The van der Waals surface area contributed by atoms with Crippen molar-refractivity contribution < 1.29 is 31.1 Å². The second kappa shape index (κ2) is 3.39. The highest BCUT2D eigenvalue weighted by atomic mass is 19.4. The van der Waals surface area contributed by atoms with Crippen LogP contribution in [0.25, 0.3) is 0 Å². The summed E-state index contributed by atoms with van der Waals surface area (Å²) in [6, 6.07) is 0. The highest BCUT2D eigenvalue weighted by Gasteiger charge is 2.50. The molecule has 76 valence electrons. The minimum absolute atomic E-state index is 0.472. The van der Waals surface area contributed by atoms with Gasteiger partial charge in [0.15, 0.2) is 5.78 Å². The molecule has 0 spiro atoms. The maximum atomic E-state index is 11.6. The van der Waals surface area contributed by atoms with Gasteiger partial charge in [-0.15, -0.1) is 0 Å². The number of carbonyl (C=O) groups is 1. The van der Waals surface area contributed by atoms with Crippen LogP contribution in [0, 0.1) is 0 Å². The van der Waals surface area contributed by atoms with E-state index in [9.17, 15) is 31.1 Å². The number of hydrogen-bond donors (Lipinski definition) is 0. The molecule has 0 aromatic carbocycles. The van der Waals surface area contributed by atoms with Gasteiger partial charge in [-0.3, -0.25) is 4.79 Å². The fourth-order valence-electron chi connectivity index (χ4n) is 0.528. The van der Waals surface area contributed by atoms with Crippen molar-refractivity contribution in [3.8, 4) is 0 Å². The van der Waals surface area contributed by atoms with E-state index in [0.29, 0.717) is 6.92 Å². The van der Waals surface area contributed by atoms with Crippen molar-refractivity contribution in [2.45, 2.75) is 19.3 Å². The van der Waals surface area contributed by atoms with Crippen molar-refractivity contribution in [2.24, 2.45) is 0 Å². The van der Waals surface area contributed by atoms with Gasteiger partial charge in [0, 0.05) is 0 Å². The summed E-state index contributed by atoms with van der Waals surface area (Å²) in [5.41, 5.74) is -2.78. The fraction of sp³-hybridized carbons (Fsp3) is 0.500. The van der Waals surface area contributed by atoms with E-state index in [4.69, 9.17) is 0 Å². The van der Waals surface area contributed by atoms with E-state index in [1.807, 2.05) is 0 Å². The molecule has 0 radical (unpaired) electrons. The van der Waals surface area contributed by atoms with Crippen LogP contribution in [-0.2, 0) is 4.79 Å². The first kappa shape index (κ1) is 12.0. The van der Waals surface area contributed by atoms with E-state index in [-0.39, 0.29) is 0 Å². The lowest BCUT2D eigenvalue weighted by molar-refractivity contribution is -0.172. The van der Waals surface area contributed by atoms with Crippen LogP contribution in [0.3, 0.4) is 0 Å². The molecule has 0 aromatic rings. The van der Waals surface area contributed by atoms with Crippen molar-refractivity contribution in [1.29, 1.82) is 0 Å². The number of allylic oxidation sites excluding steroid dienone is 2. The molecule has 0 saturated carbocycles. The first-order valence-corrected chi connectivity index (χ1v) is 2.92. The molecule has 0 atom stereocenters. The molecule has 0 aromatic heterocycles. The summed E-state index contributed by atoms with van der Waals surface area (Å²) in [6.07, 6.45) is -11.6. The third-order valence-corrected chi connectivity index (χ3v) is 0.958. The molecule has 0 fully saturated rings. The van der Waals surface area contributed by atoms with Gasteiger partial charge in [-0.25, -0.2) is 0 Å². The van der Waals surface area contributed by atoms with E-state index in [1.54, 1.807) is 0 Å². The van der Waals surface area contributed by atoms with Crippen LogP contribution >= 0.6 is 0 Å². The van der Waals surface area contributed by atoms with E-state index in [0.717, 1.165) is 0 Å². The van der Waals surface area contributed by atoms with Crippen LogP contribution in [0.4, 0.5) is 26.3 Å². The third-order valence-electron chi connectivity index (χ3n) is 0.958. The summed E-state index contributed by atoms with van der Waals surface area (Å²) in [4.78, 5) is 10.1. The SMILES string of the molecule is CC(=O)C=C(C(F)(F)F)C(F)(F)F. The van der Waals surface area contributed by atoms with Gasteiger partial charge in [0.25, 0.3) is 0 Å². The number of alkyl halides is 6.